The molecule has 2 aromatic rings. The minimum absolute atomic E-state index is 0.112. The van der Waals surface area contributed by atoms with E-state index in [0.717, 1.165) is 29.1 Å². The zero-order valence-corrected chi connectivity index (χ0v) is 15.0. The van der Waals surface area contributed by atoms with Crippen LogP contribution in [0, 0.1) is 19.7 Å². The second kappa shape index (κ2) is 7.23. The van der Waals surface area contributed by atoms with Crippen LogP contribution in [0.15, 0.2) is 24.3 Å². The summed E-state index contributed by atoms with van der Waals surface area (Å²) in [6.45, 7) is 8.06. The smallest absolute Gasteiger partial charge is 0.123 e. The topological polar surface area (TPSA) is 61.5 Å². The Kier molecular flexibility index (Phi) is 5.22. The number of likely N-dealkylation sites (tertiary alicyclic amines) is 1. The van der Waals surface area contributed by atoms with Crippen LogP contribution >= 0.6 is 0 Å². The van der Waals surface area contributed by atoms with Gasteiger partial charge in [0.1, 0.15) is 5.82 Å². The number of hydrogen-bond donors (Lipinski definition) is 2. The van der Waals surface area contributed by atoms with Gasteiger partial charge >= 0.3 is 0 Å². The second-order valence-corrected chi connectivity index (χ2v) is 6.79. The average Bonchev–Trinajstić information content (AvgIpc) is 3.06. The van der Waals surface area contributed by atoms with E-state index in [-0.39, 0.29) is 24.4 Å². The van der Waals surface area contributed by atoms with Crippen molar-refractivity contribution in [1.29, 1.82) is 0 Å². The van der Waals surface area contributed by atoms with Gasteiger partial charge in [0.05, 0.1) is 24.4 Å². The molecule has 0 unspecified atom stereocenters. The van der Waals surface area contributed by atoms with Gasteiger partial charge in [0.25, 0.3) is 0 Å². The number of aromatic nitrogens is 2. The van der Waals surface area contributed by atoms with Crippen molar-refractivity contribution >= 4 is 0 Å². The minimum Gasteiger partial charge on any atom is -0.395 e. The summed E-state index contributed by atoms with van der Waals surface area (Å²) in [7, 11) is 0. The van der Waals surface area contributed by atoms with E-state index < -0.39 is 6.10 Å². The van der Waals surface area contributed by atoms with E-state index >= 15 is 0 Å². The van der Waals surface area contributed by atoms with Gasteiger partial charge < -0.3 is 10.2 Å². The molecule has 1 fully saturated rings. The number of aryl methyl sites for hydroxylation is 2. The van der Waals surface area contributed by atoms with Gasteiger partial charge in [-0.1, -0.05) is 12.1 Å². The first kappa shape index (κ1) is 18.0. The Morgan fingerprint density at radius 2 is 1.92 bits per heavy atom. The Hall–Kier alpha value is -1.76. The monoisotopic (exact) mass is 347 g/mol. The third kappa shape index (κ3) is 3.34. The van der Waals surface area contributed by atoms with Crippen molar-refractivity contribution in [3.8, 4) is 0 Å². The van der Waals surface area contributed by atoms with Gasteiger partial charge in [0.2, 0.25) is 0 Å². The van der Waals surface area contributed by atoms with Gasteiger partial charge in [0, 0.05) is 36.8 Å². The highest BCUT2D eigenvalue weighted by Gasteiger charge is 2.41. The molecule has 0 radical (unpaired) electrons. The van der Waals surface area contributed by atoms with Crippen molar-refractivity contribution in [2.45, 2.75) is 51.9 Å². The molecule has 1 saturated heterocycles. The van der Waals surface area contributed by atoms with Crippen LogP contribution in [0.25, 0.3) is 0 Å². The first-order chi connectivity index (χ1) is 12.0. The average molecular weight is 347 g/mol. The molecule has 2 N–H and O–H groups in total. The molecule has 136 valence electrons. The quantitative estimate of drug-likeness (QED) is 0.868. The summed E-state index contributed by atoms with van der Waals surface area (Å²) < 4.78 is 15.2. The van der Waals surface area contributed by atoms with Crippen molar-refractivity contribution in [2.24, 2.45) is 0 Å². The number of nitrogens with zero attached hydrogens (tertiary/aromatic N) is 3. The lowest BCUT2D eigenvalue weighted by Crippen LogP contribution is -2.38. The Labute approximate surface area is 147 Å². The Morgan fingerprint density at radius 1 is 1.24 bits per heavy atom. The number of aliphatic hydroxyl groups excluding tert-OH is 2. The summed E-state index contributed by atoms with van der Waals surface area (Å²) in [5.41, 5.74) is 4.15. The lowest BCUT2D eigenvalue weighted by atomic mass is 9.94. The largest absolute Gasteiger partial charge is 0.395 e. The number of rotatable bonds is 5. The van der Waals surface area contributed by atoms with Gasteiger partial charge in [0.15, 0.2) is 0 Å². The highest BCUT2D eigenvalue weighted by atomic mass is 19.1. The molecule has 1 aromatic carbocycles. The zero-order chi connectivity index (χ0) is 18.1. The maximum atomic E-state index is 13.2. The summed E-state index contributed by atoms with van der Waals surface area (Å²) in [5.74, 6) is -0.426. The molecule has 1 aromatic heterocycles. The van der Waals surface area contributed by atoms with Gasteiger partial charge in [-0.25, -0.2) is 4.39 Å². The molecule has 0 aliphatic carbocycles. The van der Waals surface area contributed by atoms with Gasteiger partial charge in [-0.15, -0.1) is 0 Å². The van der Waals surface area contributed by atoms with Crippen LogP contribution < -0.4 is 0 Å². The van der Waals surface area contributed by atoms with Crippen LogP contribution in [0.3, 0.4) is 0 Å². The molecule has 6 heteroatoms. The Morgan fingerprint density at radius 3 is 2.48 bits per heavy atom. The highest BCUT2D eigenvalue weighted by Crippen LogP contribution is 2.34. The second-order valence-electron chi connectivity index (χ2n) is 6.79. The van der Waals surface area contributed by atoms with E-state index in [4.69, 9.17) is 0 Å². The highest BCUT2D eigenvalue weighted by molar-refractivity contribution is 5.27. The standard InChI is InChI=1S/C19H26FN3O2/c1-4-23-13(3)16(12(2)21-23)9-22-10-17(19(25)18(22)11-24)14-5-7-15(20)8-6-14/h5-8,17-19,24-25H,4,9-11H2,1-3H3/t17-,18-,19-/m1/s1. The summed E-state index contributed by atoms with van der Waals surface area (Å²) in [5, 5.41) is 25.0. The van der Waals surface area contributed by atoms with Crippen LogP contribution in [0.2, 0.25) is 0 Å². The molecule has 0 spiro atoms. The third-order valence-electron chi connectivity index (χ3n) is 5.38. The molecule has 2 heterocycles. The first-order valence-corrected chi connectivity index (χ1v) is 8.77. The molecule has 1 aliphatic heterocycles. The fourth-order valence-electron chi connectivity index (χ4n) is 3.87. The molecule has 5 nitrogen and oxygen atoms in total. The maximum Gasteiger partial charge on any atom is 0.123 e. The fourth-order valence-corrected chi connectivity index (χ4v) is 3.87. The molecule has 0 bridgehead atoms. The molecule has 3 rings (SSSR count). The van der Waals surface area contributed by atoms with E-state index in [1.54, 1.807) is 12.1 Å². The van der Waals surface area contributed by atoms with Crippen molar-refractivity contribution in [3.05, 3.63) is 52.6 Å². The van der Waals surface area contributed by atoms with Crippen molar-refractivity contribution < 1.29 is 14.6 Å². The Bertz CT molecular complexity index is 729. The predicted octanol–water partition coefficient (Wildman–Crippen LogP) is 1.98. The molecule has 0 amide bonds. The lowest BCUT2D eigenvalue weighted by Gasteiger charge is -2.24. The number of benzene rings is 1. The van der Waals surface area contributed by atoms with Gasteiger partial charge in [-0.3, -0.25) is 9.58 Å². The molecular formula is C19H26FN3O2. The summed E-state index contributed by atoms with van der Waals surface area (Å²) in [6.07, 6.45) is -0.683. The van der Waals surface area contributed by atoms with Crippen molar-refractivity contribution in [2.75, 3.05) is 13.2 Å². The minimum atomic E-state index is -0.683. The number of aliphatic hydroxyl groups is 2. The summed E-state index contributed by atoms with van der Waals surface area (Å²) >= 11 is 0. The Balaban J connectivity index is 1.84. The number of hydrogen-bond acceptors (Lipinski definition) is 4. The van der Waals surface area contributed by atoms with Crippen LogP contribution in [0.1, 0.15) is 35.4 Å². The SMILES string of the molecule is CCn1nc(C)c(CN2C[C@H](c3ccc(F)cc3)[C@@H](O)[C@H]2CO)c1C. The molecular weight excluding hydrogens is 321 g/mol. The van der Waals surface area contributed by atoms with E-state index in [2.05, 4.69) is 23.8 Å². The molecule has 3 atom stereocenters. The van der Waals surface area contributed by atoms with Crippen LogP contribution in [0.5, 0.6) is 0 Å². The van der Waals surface area contributed by atoms with Crippen molar-refractivity contribution in [1.82, 2.24) is 14.7 Å². The molecule has 1 aliphatic rings. The van der Waals surface area contributed by atoms with E-state index in [1.165, 1.54) is 12.1 Å². The summed E-state index contributed by atoms with van der Waals surface area (Å²) in [4.78, 5) is 2.11. The maximum absolute atomic E-state index is 13.2. The predicted molar refractivity (Wildman–Crippen MR) is 93.8 cm³/mol. The molecule has 0 saturated carbocycles. The zero-order valence-electron chi connectivity index (χ0n) is 15.0. The van der Waals surface area contributed by atoms with E-state index in [0.29, 0.717) is 13.1 Å². The third-order valence-corrected chi connectivity index (χ3v) is 5.38. The van der Waals surface area contributed by atoms with Crippen LogP contribution in [-0.4, -0.2) is 50.2 Å². The lowest BCUT2D eigenvalue weighted by molar-refractivity contribution is 0.0639. The normalized spacial score (nSPS) is 24.2. The number of halogens is 1. The van der Waals surface area contributed by atoms with Crippen LogP contribution in [0.4, 0.5) is 4.39 Å². The van der Waals surface area contributed by atoms with Gasteiger partial charge in [-0.05, 0) is 38.5 Å². The van der Waals surface area contributed by atoms with Gasteiger partial charge in [-0.2, -0.15) is 5.10 Å². The fraction of sp³-hybridized carbons (Fsp3) is 0.526. The van der Waals surface area contributed by atoms with E-state index in [9.17, 15) is 14.6 Å². The molecule has 25 heavy (non-hydrogen) atoms. The van der Waals surface area contributed by atoms with Crippen molar-refractivity contribution in [3.63, 3.8) is 0 Å². The summed E-state index contributed by atoms with van der Waals surface area (Å²) in [6, 6.07) is 5.93. The van der Waals surface area contributed by atoms with Crippen LogP contribution in [-0.2, 0) is 13.1 Å². The van der Waals surface area contributed by atoms with E-state index in [1.807, 2.05) is 11.6 Å². The first-order valence-electron chi connectivity index (χ1n) is 8.77.